The van der Waals surface area contributed by atoms with Crippen molar-refractivity contribution in [3.63, 3.8) is 0 Å². The van der Waals surface area contributed by atoms with Crippen molar-refractivity contribution < 1.29 is 18.3 Å². The van der Waals surface area contributed by atoms with Gasteiger partial charge in [0.25, 0.3) is 10.2 Å². The maximum Gasteiger partial charge on any atom is 0.322 e. The Kier molecular flexibility index (Phi) is 3.62. The summed E-state index contributed by atoms with van der Waals surface area (Å²) in [6.07, 6.45) is 0. The van der Waals surface area contributed by atoms with Crippen LogP contribution < -0.4 is 9.86 Å². The minimum atomic E-state index is -3.94. The van der Waals surface area contributed by atoms with E-state index < -0.39 is 22.2 Å². The molecule has 4 N–H and O–H groups in total. The molecule has 1 unspecified atom stereocenters. The number of hydrogen-bond acceptors (Lipinski definition) is 3. The van der Waals surface area contributed by atoms with Crippen LogP contribution in [0.1, 0.15) is 13.8 Å². The highest BCUT2D eigenvalue weighted by Crippen LogP contribution is 2.01. The van der Waals surface area contributed by atoms with Gasteiger partial charge in [-0.1, -0.05) is 13.8 Å². The molecule has 12 heavy (non-hydrogen) atoms. The Balaban J connectivity index is 4.46. The molecule has 0 heterocycles. The van der Waals surface area contributed by atoms with Gasteiger partial charge in [-0.3, -0.25) is 4.79 Å². The standard InChI is InChI=1S/C5H12N2O4S/c1-3(2)4(5(8)9)7-12(6,10)11/h3-4,7H,1-2H3,(H,8,9)(H2,6,10,11). The smallest absolute Gasteiger partial charge is 0.322 e. The van der Waals surface area contributed by atoms with Crippen LogP contribution in [0.3, 0.4) is 0 Å². The van der Waals surface area contributed by atoms with Gasteiger partial charge in [-0.15, -0.1) is 0 Å². The van der Waals surface area contributed by atoms with Gasteiger partial charge in [0, 0.05) is 0 Å². The third-order valence-corrected chi connectivity index (χ3v) is 1.81. The molecule has 0 spiro atoms. The average molecular weight is 196 g/mol. The van der Waals surface area contributed by atoms with Gasteiger partial charge in [-0.2, -0.15) is 13.1 Å². The van der Waals surface area contributed by atoms with E-state index in [0.29, 0.717) is 0 Å². The van der Waals surface area contributed by atoms with E-state index in [2.05, 4.69) is 5.14 Å². The molecule has 0 aromatic rings. The predicted octanol–water partition coefficient (Wildman–Crippen LogP) is -1.11. The monoisotopic (exact) mass is 196 g/mol. The minimum Gasteiger partial charge on any atom is -0.480 e. The van der Waals surface area contributed by atoms with Crippen LogP contribution in [0, 0.1) is 5.92 Å². The van der Waals surface area contributed by atoms with Gasteiger partial charge in [-0.25, -0.2) is 5.14 Å². The van der Waals surface area contributed by atoms with Crippen molar-refractivity contribution in [1.29, 1.82) is 0 Å². The van der Waals surface area contributed by atoms with Gasteiger partial charge in [0.15, 0.2) is 0 Å². The molecule has 0 aliphatic heterocycles. The van der Waals surface area contributed by atoms with E-state index in [4.69, 9.17) is 5.11 Å². The Morgan fingerprint density at radius 1 is 1.50 bits per heavy atom. The zero-order valence-electron chi connectivity index (χ0n) is 6.81. The highest BCUT2D eigenvalue weighted by Gasteiger charge is 2.24. The summed E-state index contributed by atoms with van der Waals surface area (Å²) in [7, 11) is -3.94. The van der Waals surface area contributed by atoms with Crippen molar-refractivity contribution in [2.75, 3.05) is 0 Å². The summed E-state index contributed by atoms with van der Waals surface area (Å²) in [4.78, 5) is 10.4. The van der Waals surface area contributed by atoms with Crippen molar-refractivity contribution in [3.8, 4) is 0 Å². The van der Waals surface area contributed by atoms with Crippen molar-refractivity contribution in [2.24, 2.45) is 11.1 Å². The van der Waals surface area contributed by atoms with Crippen molar-refractivity contribution >= 4 is 16.2 Å². The van der Waals surface area contributed by atoms with Gasteiger partial charge in [-0.05, 0) is 5.92 Å². The van der Waals surface area contributed by atoms with Gasteiger partial charge in [0.05, 0.1) is 0 Å². The van der Waals surface area contributed by atoms with Crippen LogP contribution in [0.2, 0.25) is 0 Å². The molecule has 0 fully saturated rings. The van der Waals surface area contributed by atoms with Crippen molar-refractivity contribution in [3.05, 3.63) is 0 Å². The summed E-state index contributed by atoms with van der Waals surface area (Å²) >= 11 is 0. The second-order valence-corrected chi connectivity index (χ2v) is 4.05. The fourth-order valence-electron chi connectivity index (χ4n) is 0.649. The zero-order valence-corrected chi connectivity index (χ0v) is 7.63. The summed E-state index contributed by atoms with van der Waals surface area (Å²) in [5.74, 6) is -1.58. The molecule has 1 atom stereocenters. The predicted molar refractivity (Wildman–Crippen MR) is 42.5 cm³/mol. The summed E-state index contributed by atoms with van der Waals surface area (Å²) < 4.78 is 22.7. The van der Waals surface area contributed by atoms with E-state index in [1.807, 2.05) is 0 Å². The quantitative estimate of drug-likeness (QED) is 0.529. The van der Waals surface area contributed by atoms with E-state index in [9.17, 15) is 13.2 Å². The third kappa shape index (κ3) is 4.27. The van der Waals surface area contributed by atoms with E-state index in [1.165, 1.54) is 0 Å². The van der Waals surface area contributed by atoms with Crippen LogP contribution in [0.5, 0.6) is 0 Å². The molecular weight excluding hydrogens is 184 g/mol. The molecule has 0 amide bonds. The molecule has 0 aromatic carbocycles. The fraction of sp³-hybridized carbons (Fsp3) is 0.800. The first-order valence-corrected chi connectivity index (χ1v) is 4.81. The van der Waals surface area contributed by atoms with Gasteiger partial charge in [0.1, 0.15) is 6.04 Å². The van der Waals surface area contributed by atoms with Gasteiger partial charge in [0.2, 0.25) is 0 Å². The molecule has 72 valence electrons. The van der Waals surface area contributed by atoms with Gasteiger partial charge >= 0.3 is 5.97 Å². The first-order valence-electron chi connectivity index (χ1n) is 3.27. The first-order chi connectivity index (χ1) is 5.24. The summed E-state index contributed by atoms with van der Waals surface area (Å²) in [6, 6.07) is -1.17. The zero-order chi connectivity index (χ0) is 9.94. The number of aliphatic carboxylic acids is 1. The number of rotatable bonds is 4. The SMILES string of the molecule is CC(C)C(NS(N)(=O)=O)C(=O)O. The lowest BCUT2D eigenvalue weighted by atomic mass is 10.1. The van der Waals surface area contributed by atoms with Crippen LogP contribution in [0.15, 0.2) is 0 Å². The Bertz CT molecular complexity index is 259. The number of nitrogens with one attached hydrogen (secondary N) is 1. The average Bonchev–Trinajstić information content (AvgIpc) is 1.79. The molecular formula is C5H12N2O4S. The second kappa shape index (κ2) is 3.83. The highest BCUT2D eigenvalue weighted by molar-refractivity contribution is 7.87. The molecule has 6 nitrogen and oxygen atoms in total. The molecule has 0 saturated carbocycles. The van der Waals surface area contributed by atoms with E-state index in [1.54, 1.807) is 18.6 Å². The molecule has 0 radical (unpaired) electrons. The summed E-state index contributed by atoms with van der Waals surface area (Å²) in [5, 5.41) is 13.1. The Labute approximate surface area is 70.9 Å². The molecule has 0 aliphatic carbocycles. The lowest BCUT2D eigenvalue weighted by Crippen LogP contribution is -2.46. The highest BCUT2D eigenvalue weighted by atomic mass is 32.2. The molecule has 0 bridgehead atoms. The van der Waals surface area contributed by atoms with Crippen LogP contribution >= 0.6 is 0 Å². The molecule has 0 aromatic heterocycles. The van der Waals surface area contributed by atoms with Crippen LogP contribution in [0.25, 0.3) is 0 Å². The third-order valence-electron chi connectivity index (χ3n) is 1.22. The van der Waals surface area contributed by atoms with E-state index in [0.717, 1.165) is 0 Å². The Hall–Kier alpha value is -0.660. The normalized spacial score (nSPS) is 14.7. The van der Waals surface area contributed by atoms with Crippen LogP contribution in [-0.2, 0) is 15.0 Å². The van der Waals surface area contributed by atoms with Crippen LogP contribution in [0.4, 0.5) is 0 Å². The lowest BCUT2D eigenvalue weighted by molar-refractivity contribution is -0.140. The largest absolute Gasteiger partial charge is 0.480 e. The minimum absolute atomic E-state index is 0.346. The Morgan fingerprint density at radius 2 is 1.92 bits per heavy atom. The summed E-state index contributed by atoms with van der Waals surface area (Å²) in [5.41, 5.74) is 0. The Morgan fingerprint density at radius 3 is 2.00 bits per heavy atom. The van der Waals surface area contributed by atoms with Crippen LogP contribution in [-0.4, -0.2) is 25.5 Å². The second-order valence-electron chi connectivity index (χ2n) is 2.72. The van der Waals surface area contributed by atoms with E-state index in [-0.39, 0.29) is 5.92 Å². The summed E-state index contributed by atoms with van der Waals surface area (Å²) in [6.45, 7) is 3.16. The number of nitrogens with two attached hydrogens (primary N) is 1. The van der Waals surface area contributed by atoms with Gasteiger partial charge < -0.3 is 5.11 Å². The maximum atomic E-state index is 10.5. The number of carbonyl (C=O) groups is 1. The molecule has 7 heteroatoms. The number of carboxylic acids is 1. The number of hydrogen-bond donors (Lipinski definition) is 3. The number of carboxylic acid groups (broad SMARTS) is 1. The maximum absolute atomic E-state index is 10.5. The van der Waals surface area contributed by atoms with E-state index >= 15 is 0 Å². The topological polar surface area (TPSA) is 109 Å². The molecule has 0 aliphatic rings. The van der Waals surface area contributed by atoms with Crippen molar-refractivity contribution in [2.45, 2.75) is 19.9 Å². The lowest BCUT2D eigenvalue weighted by Gasteiger charge is -2.15. The molecule has 0 rings (SSSR count). The molecule has 0 saturated heterocycles. The van der Waals surface area contributed by atoms with Crippen molar-refractivity contribution in [1.82, 2.24) is 4.72 Å². The first kappa shape index (κ1) is 11.3. The fourth-order valence-corrected chi connectivity index (χ4v) is 1.38.